The highest BCUT2D eigenvalue weighted by Crippen LogP contribution is 2.64. The van der Waals surface area contributed by atoms with E-state index in [1.165, 1.54) is 13.8 Å². The number of nitrogens with zero attached hydrogens (tertiary/aromatic N) is 1. The Labute approximate surface area is 251 Å². The van der Waals surface area contributed by atoms with Crippen molar-refractivity contribution in [2.75, 3.05) is 13.6 Å². The second-order valence-electron chi connectivity index (χ2n) is 13.3. The van der Waals surface area contributed by atoms with Crippen LogP contribution in [0.3, 0.4) is 0 Å². The maximum absolute atomic E-state index is 13.6. The van der Waals surface area contributed by atoms with Gasteiger partial charge in [-0.05, 0) is 85.2 Å². The number of ether oxygens (including phenoxy) is 5. The zero-order valence-electron chi connectivity index (χ0n) is 26.0. The number of carbonyl (C=O) groups excluding carboxylic acids is 4. The lowest BCUT2D eigenvalue weighted by molar-refractivity contribution is -0.186. The molecule has 0 radical (unpaired) electrons. The lowest BCUT2D eigenvalue weighted by Crippen LogP contribution is -2.74. The molecule has 7 atom stereocenters. The minimum absolute atomic E-state index is 0.143. The van der Waals surface area contributed by atoms with E-state index in [4.69, 9.17) is 23.7 Å². The molecule has 4 aliphatic rings. The van der Waals surface area contributed by atoms with E-state index < -0.39 is 64.7 Å². The van der Waals surface area contributed by atoms with E-state index in [0.29, 0.717) is 18.6 Å². The minimum Gasteiger partial charge on any atom is -0.481 e. The van der Waals surface area contributed by atoms with Gasteiger partial charge in [0.05, 0.1) is 11.0 Å². The van der Waals surface area contributed by atoms with Gasteiger partial charge in [0.1, 0.15) is 23.0 Å². The molecule has 5 rings (SSSR count). The summed E-state index contributed by atoms with van der Waals surface area (Å²) >= 11 is 0. The summed E-state index contributed by atoms with van der Waals surface area (Å²) in [7, 11) is 2.01. The summed E-state index contributed by atoms with van der Waals surface area (Å²) in [5.41, 5.74) is 0.262. The number of benzene rings is 1. The van der Waals surface area contributed by atoms with Gasteiger partial charge in [0, 0.05) is 24.9 Å². The van der Waals surface area contributed by atoms with Crippen molar-refractivity contribution in [1.82, 2.24) is 4.90 Å². The molecule has 1 aromatic carbocycles. The lowest BCUT2D eigenvalue weighted by Gasteiger charge is -2.61. The molecule has 0 amide bonds. The first-order valence-electron chi connectivity index (χ1n) is 14.7. The molecular weight excluding hydrogens is 558 g/mol. The Morgan fingerprint density at radius 1 is 1.09 bits per heavy atom. The van der Waals surface area contributed by atoms with Gasteiger partial charge in [-0.15, -0.1) is 0 Å². The smallest absolute Gasteiger partial charge is 0.349 e. The normalized spacial score (nSPS) is 29.2. The molecule has 2 aliphatic carbocycles. The molecule has 2 bridgehead atoms. The van der Waals surface area contributed by atoms with Gasteiger partial charge in [-0.2, -0.15) is 0 Å². The van der Waals surface area contributed by atoms with Crippen LogP contribution in [0.15, 0.2) is 24.0 Å². The fraction of sp³-hybridized carbons (Fsp3) is 0.625. The van der Waals surface area contributed by atoms with E-state index in [0.717, 1.165) is 30.2 Å². The third-order valence-corrected chi connectivity index (χ3v) is 9.17. The summed E-state index contributed by atoms with van der Waals surface area (Å²) in [6.45, 7) is 11.5. The highest BCUT2D eigenvalue weighted by atomic mass is 16.6. The summed E-state index contributed by atoms with van der Waals surface area (Å²) in [4.78, 5) is 53.1. The third-order valence-electron chi connectivity index (χ3n) is 9.17. The molecule has 11 nitrogen and oxygen atoms in total. The SMILES string of the molecule is CC(=O)O[C@@H](C(=O)O[C@@H](C)C(=O)OC(C)(C)C)[C@@H](C)C(=O)OC1=CC[C@@]2(O)[C@H]3Cc4ccc(C)c5c4[C@@]2(CCN3C)[C@H]1O5. The van der Waals surface area contributed by atoms with E-state index in [1.807, 2.05) is 20.0 Å². The zero-order valence-corrected chi connectivity index (χ0v) is 26.0. The summed E-state index contributed by atoms with van der Waals surface area (Å²) in [5.74, 6) is -3.88. The Morgan fingerprint density at radius 3 is 2.44 bits per heavy atom. The standard InChI is InChI=1S/C32H41NO10/c1-16-9-10-20-15-22-32(38)12-11-21(26-31(32,13-14-33(22)8)23(20)24(16)42-26)41-27(35)17(2)25(40-19(4)34)29(37)39-18(3)28(36)43-30(5,6)7/h9-11,17-18,22,25-26,38H,12-15H2,1-8H3/t17-,18+,22-,25-,26+,31+,32-/m1/s1. The Kier molecular flexibility index (Phi) is 7.66. The van der Waals surface area contributed by atoms with Gasteiger partial charge in [-0.3, -0.25) is 9.59 Å². The van der Waals surface area contributed by atoms with Crippen molar-refractivity contribution in [2.45, 2.75) is 109 Å². The van der Waals surface area contributed by atoms with Gasteiger partial charge in [0.15, 0.2) is 12.2 Å². The third kappa shape index (κ3) is 5.00. The van der Waals surface area contributed by atoms with Crippen LogP contribution >= 0.6 is 0 Å². The Morgan fingerprint density at radius 2 is 1.79 bits per heavy atom. The number of esters is 4. The van der Waals surface area contributed by atoms with E-state index in [2.05, 4.69) is 11.0 Å². The van der Waals surface area contributed by atoms with Crippen LogP contribution in [0.4, 0.5) is 0 Å². The molecule has 0 unspecified atom stereocenters. The number of likely N-dealkylation sites (tertiary alicyclic amines) is 1. The number of aryl methyl sites for hydroxylation is 1. The van der Waals surface area contributed by atoms with Crippen LogP contribution in [0.5, 0.6) is 5.75 Å². The number of rotatable bonds is 7. The van der Waals surface area contributed by atoms with E-state index in [-0.39, 0.29) is 18.2 Å². The summed E-state index contributed by atoms with van der Waals surface area (Å²) in [5, 5.41) is 12.3. The number of likely N-dealkylation sites (N-methyl/N-ethyl adjacent to an activating group) is 1. The zero-order chi connectivity index (χ0) is 31.6. The number of carbonyl (C=O) groups is 4. The quantitative estimate of drug-likeness (QED) is 0.366. The van der Waals surface area contributed by atoms with Crippen LogP contribution in [-0.2, 0) is 50.0 Å². The van der Waals surface area contributed by atoms with Crippen molar-refractivity contribution >= 4 is 23.9 Å². The van der Waals surface area contributed by atoms with E-state index >= 15 is 0 Å². The van der Waals surface area contributed by atoms with Crippen molar-refractivity contribution in [3.8, 4) is 5.75 Å². The van der Waals surface area contributed by atoms with Crippen LogP contribution < -0.4 is 4.74 Å². The van der Waals surface area contributed by atoms with E-state index in [1.54, 1.807) is 26.8 Å². The van der Waals surface area contributed by atoms with Crippen LogP contribution in [0, 0.1) is 12.8 Å². The Hall–Kier alpha value is -3.44. The second kappa shape index (κ2) is 10.6. The monoisotopic (exact) mass is 599 g/mol. The molecule has 1 N–H and O–H groups in total. The number of piperidine rings is 1. The summed E-state index contributed by atoms with van der Waals surface area (Å²) in [6.07, 6.45) is -0.532. The summed E-state index contributed by atoms with van der Waals surface area (Å²) < 4.78 is 28.1. The first kappa shape index (κ1) is 31.0. The van der Waals surface area contributed by atoms with Gasteiger partial charge in [-0.25, -0.2) is 9.59 Å². The molecule has 1 saturated heterocycles. The highest BCUT2D eigenvalue weighted by Gasteiger charge is 2.71. The van der Waals surface area contributed by atoms with Gasteiger partial charge in [0.2, 0.25) is 6.10 Å². The molecule has 2 heterocycles. The van der Waals surface area contributed by atoms with E-state index in [9.17, 15) is 24.3 Å². The van der Waals surface area contributed by atoms with Crippen molar-refractivity contribution in [2.24, 2.45) is 5.92 Å². The molecular formula is C32H41NO10. The second-order valence-corrected chi connectivity index (χ2v) is 13.3. The van der Waals surface area contributed by atoms with Gasteiger partial charge in [0.25, 0.3) is 0 Å². The Balaban J connectivity index is 1.40. The maximum Gasteiger partial charge on any atom is 0.349 e. The molecule has 11 heteroatoms. The average Bonchev–Trinajstić information content (AvgIpc) is 3.27. The maximum atomic E-state index is 13.6. The summed E-state index contributed by atoms with van der Waals surface area (Å²) in [6, 6.07) is 3.95. The molecule has 0 aromatic heterocycles. The van der Waals surface area contributed by atoms with Crippen molar-refractivity contribution in [3.05, 3.63) is 40.7 Å². The molecule has 0 saturated carbocycles. The van der Waals surface area contributed by atoms with Gasteiger partial charge in [-0.1, -0.05) is 12.1 Å². The number of hydrogen-bond donors (Lipinski definition) is 1. The molecule has 1 aromatic rings. The minimum atomic E-state index is -1.67. The largest absolute Gasteiger partial charge is 0.481 e. The first-order valence-corrected chi connectivity index (χ1v) is 14.7. The van der Waals surface area contributed by atoms with Crippen molar-refractivity contribution in [1.29, 1.82) is 0 Å². The highest BCUT2D eigenvalue weighted by molar-refractivity contribution is 5.88. The fourth-order valence-electron chi connectivity index (χ4n) is 7.13. The lowest BCUT2D eigenvalue weighted by atomic mass is 9.50. The molecule has 1 fully saturated rings. The van der Waals surface area contributed by atoms with Crippen LogP contribution in [0.2, 0.25) is 0 Å². The molecule has 2 aliphatic heterocycles. The predicted octanol–water partition coefficient (Wildman–Crippen LogP) is 2.66. The molecule has 43 heavy (non-hydrogen) atoms. The first-order chi connectivity index (χ1) is 20.0. The van der Waals surface area contributed by atoms with Crippen LogP contribution in [0.25, 0.3) is 0 Å². The van der Waals surface area contributed by atoms with Gasteiger partial charge < -0.3 is 33.7 Å². The topological polar surface area (TPSA) is 138 Å². The van der Waals surface area contributed by atoms with Crippen LogP contribution in [-0.4, -0.2) is 83.0 Å². The van der Waals surface area contributed by atoms with Crippen LogP contribution in [0.1, 0.15) is 71.1 Å². The average molecular weight is 600 g/mol. The van der Waals surface area contributed by atoms with Crippen molar-refractivity contribution in [3.63, 3.8) is 0 Å². The van der Waals surface area contributed by atoms with Crippen molar-refractivity contribution < 1.29 is 48.0 Å². The molecule has 234 valence electrons. The Bertz CT molecular complexity index is 1390. The number of aliphatic hydroxyl groups is 1. The van der Waals surface area contributed by atoms with Gasteiger partial charge >= 0.3 is 23.9 Å². The molecule has 1 spiro atoms. The predicted molar refractivity (Wildman–Crippen MR) is 152 cm³/mol. The number of hydrogen-bond acceptors (Lipinski definition) is 11. The fourth-order valence-corrected chi connectivity index (χ4v) is 7.13.